The van der Waals surface area contributed by atoms with Crippen molar-refractivity contribution in [2.24, 2.45) is 0 Å². The van der Waals surface area contributed by atoms with Gasteiger partial charge in [-0.3, -0.25) is 0 Å². The minimum Gasteiger partial charge on any atom is -0.493 e. The molecule has 0 bridgehead atoms. The molecule has 20 heavy (non-hydrogen) atoms. The summed E-state index contributed by atoms with van der Waals surface area (Å²) in [5.74, 6) is 1.21. The van der Waals surface area contributed by atoms with Crippen molar-refractivity contribution in [2.45, 2.75) is 25.6 Å². The second-order valence-corrected chi connectivity index (χ2v) is 7.42. The first kappa shape index (κ1) is 16.8. The number of rotatable bonds is 8. The number of hydrogen-bond acceptors (Lipinski definition) is 5. The highest BCUT2D eigenvalue weighted by Gasteiger charge is 2.17. The van der Waals surface area contributed by atoms with E-state index < -0.39 is 9.84 Å². The zero-order chi connectivity index (χ0) is 15.2. The molecule has 0 spiro atoms. The average Bonchev–Trinajstić information content (AvgIpc) is 2.40. The first-order valence-corrected chi connectivity index (χ1v) is 8.28. The lowest BCUT2D eigenvalue weighted by molar-refractivity contribution is 0.307. The summed E-state index contributed by atoms with van der Waals surface area (Å²) in [5.41, 5.74) is 0.939. The molecule has 0 saturated carbocycles. The summed E-state index contributed by atoms with van der Waals surface area (Å²) in [6.07, 6.45) is 0. The topological polar surface area (TPSA) is 64.6 Å². The fraction of sp³-hybridized carbons (Fsp3) is 0.571. The van der Waals surface area contributed by atoms with Crippen molar-refractivity contribution in [3.8, 4) is 11.5 Å². The van der Waals surface area contributed by atoms with Crippen LogP contribution in [0.5, 0.6) is 11.5 Å². The molecule has 0 radical (unpaired) electrons. The van der Waals surface area contributed by atoms with Crippen LogP contribution in [0.3, 0.4) is 0 Å². The minimum atomic E-state index is -3.09. The van der Waals surface area contributed by atoms with Gasteiger partial charge in [-0.15, -0.1) is 0 Å². The average molecular weight is 301 g/mol. The summed E-state index contributed by atoms with van der Waals surface area (Å²) < 4.78 is 34.4. The molecule has 1 aromatic rings. The maximum Gasteiger partial charge on any atom is 0.165 e. The molecule has 1 N–H and O–H groups in total. The predicted octanol–water partition coefficient (Wildman–Crippen LogP) is 1.62. The third-order valence-electron chi connectivity index (χ3n) is 2.98. The zero-order valence-electron chi connectivity index (χ0n) is 12.5. The van der Waals surface area contributed by atoms with Crippen LogP contribution in [0.4, 0.5) is 0 Å². The number of benzene rings is 1. The molecule has 0 atom stereocenters. The summed E-state index contributed by atoms with van der Waals surface area (Å²) in [5, 5.41) is 2.66. The lowest BCUT2D eigenvalue weighted by Gasteiger charge is -2.15. The Labute approximate surface area is 121 Å². The Morgan fingerprint density at radius 1 is 1.30 bits per heavy atom. The Bertz CT molecular complexity index is 526. The van der Waals surface area contributed by atoms with Gasteiger partial charge in [0, 0.05) is 12.1 Å². The number of hydrogen-bond donors (Lipinski definition) is 1. The monoisotopic (exact) mass is 301 g/mol. The van der Waals surface area contributed by atoms with Gasteiger partial charge in [-0.25, -0.2) is 8.42 Å². The fourth-order valence-electron chi connectivity index (χ4n) is 1.71. The first-order valence-electron chi connectivity index (χ1n) is 6.57. The van der Waals surface area contributed by atoms with Gasteiger partial charge in [0.15, 0.2) is 21.3 Å². The Hall–Kier alpha value is -1.27. The molecular weight excluding hydrogens is 278 g/mol. The van der Waals surface area contributed by atoms with Crippen LogP contribution >= 0.6 is 0 Å². The molecule has 0 aliphatic heterocycles. The number of sulfone groups is 1. The highest BCUT2D eigenvalue weighted by Crippen LogP contribution is 2.31. The third kappa shape index (κ3) is 4.38. The van der Waals surface area contributed by atoms with Gasteiger partial charge in [0.25, 0.3) is 0 Å². The standard InChI is InChI=1S/C14H23NO4S/c1-11(2)20(16,17)9-8-19-14-12(10-15-3)6-5-7-13(14)18-4/h5-7,11,15H,8-10H2,1-4H3. The van der Waals surface area contributed by atoms with E-state index in [1.165, 1.54) is 0 Å². The largest absolute Gasteiger partial charge is 0.493 e. The molecule has 0 unspecified atom stereocenters. The summed E-state index contributed by atoms with van der Waals surface area (Å²) in [4.78, 5) is 0. The van der Waals surface area contributed by atoms with E-state index >= 15 is 0 Å². The minimum absolute atomic E-state index is 0.00170. The highest BCUT2D eigenvalue weighted by atomic mass is 32.2. The molecule has 0 fully saturated rings. The van der Waals surface area contributed by atoms with Crippen LogP contribution in [0.2, 0.25) is 0 Å². The summed E-state index contributed by atoms with van der Waals surface area (Å²) in [6, 6.07) is 5.60. The maximum absolute atomic E-state index is 11.8. The van der Waals surface area contributed by atoms with Crippen molar-refractivity contribution in [1.82, 2.24) is 5.32 Å². The van der Waals surface area contributed by atoms with E-state index in [0.717, 1.165) is 5.56 Å². The van der Waals surface area contributed by atoms with Crippen LogP contribution in [0.15, 0.2) is 18.2 Å². The summed E-state index contributed by atoms with van der Waals surface area (Å²) in [7, 11) is 0.311. The SMILES string of the molecule is CNCc1cccc(OC)c1OCCS(=O)(=O)C(C)C. The maximum atomic E-state index is 11.8. The number of nitrogens with one attached hydrogen (secondary N) is 1. The summed E-state index contributed by atoms with van der Waals surface area (Å²) >= 11 is 0. The van der Waals surface area contributed by atoms with Crippen molar-refractivity contribution in [3.05, 3.63) is 23.8 Å². The van der Waals surface area contributed by atoms with Crippen molar-refractivity contribution < 1.29 is 17.9 Å². The number of methoxy groups -OCH3 is 1. The van der Waals surface area contributed by atoms with Gasteiger partial charge in [0.2, 0.25) is 0 Å². The van der Waals surface area contributed by atoms with Crippen LogP contribution in [-0.2, 0) is 16.4 Å². The Balaban J connectivity index is 2.81. The molecular formula is C14H23NO4S. The van der Waals surface area contributed by atoms with Crippen LogP contribution in [0.25, 0.3) is 0 Å². The van der Waals surface area contributed by atoms with E-state index in [1.54, 1.807) is 27.0 Å². The molecule has 0 aliphatic carbocycles. The van der Waals surface area contributed by atoms with E-state index in [0.29, 0.717) is 18.0 Å². The van der Waals surface area contributed by atoms with E-state index in [2.05, 4.69) is 5.32 Å². The number of ether oxygens (including phenoxy) is 2. The van der Waals surface area contributed by atoms with E-state index in [9.17, 15) is 8.42 Å². The van der Waals surface area contributed by atoms with Crippen molar-refractivity contribution >= 4 is 9.84 Å². The lowest BCUT2D eigenvalue weighted by atomic mass is 10.2. The van der Waals surface area contributed by atoms with E-state index in [4.69, 9.17) is 9.47 Å². The smallest absolute Gasteiger partial charge is 0.165 e. The van der Waals surface area contributed by atoms with Crippen molar-refractivity contribution in [1.29, 1.82) is 0 Å². The molecule has 0 heterocycles. The highest BCUT2D eigenvalue weighted by molar-refractivity contribution is 7.91. The van der Waals surface area contributed by atoms with Crippen molar-refractivity contribution in [3.63, 3.8) is 0 Å². The molecule has 6 heteroatoms. The first-order chi connectivity index (χ1) is 9.42. The fourth-order valence-corrected chi connectivity index (χ4v) is 2.50. The molecule has 0 aliphatic rings. The number of para-hydroxylation sites is 1. The molecule has 114 valence electrons. The molecule has 1 aromatic carbocycles. The van der Waals surface area contributed by atoms with Crippen LogP contribution < -0.4 is 14.8 Å². The van der Waals surface area contributed by atoms with Gasteiger partial charge in [-0.05, 0) is 27.0 Å². The summed E-state index contributed by atoms with van der Waals surface area (Å²) in [6.45, 7) is 4.09. The van der Waals surface area contributed by atoms with Gasteiger partial charge >= 0.3 is 0 Å². The Kier molecular flexibility index (Phi) is 6.29. The van der Waals surface area contributed by atoms with E-state index in [1.807, 2.05) is 19.2 Å². The van der Waals surface area contributed by atoms with E-state index in [-0.39, 0.29) is 17.6 Å². The normalized spacial score (nSPS) is 11.7. The second-order valence-electron chi connectivity index (χ2n) is 4.74. The van der Waals surface area contributed by atoms with Gasteiger partial charge < -0.3 is 14.8 Å². The molecule has 1 rings (SSSR count). The van der Waals surface area contributed by atoms with Crippen LogP contribution in [0.1, 0.15) is 19.4 Å². The van der Waals surface area contributed by atoms with Gasteiger partial charge in [0.05, 0.1) is 18.1 Å². The molecule has 0 saturated heterocycles. The Morgan fingerprint density at radius 3 is 2.55 bits per heavy atom. The van der Waals surface area contributed by atoms with Gasteiger partial charge in [0.1, 0.15) is 6.61 Å². The Morgan fingerprint density at radius 2 is 2.00 bits per heavy atom. The predicted molar refractivity (Wildman–Crippen MR) is 80.2 cm³/mol. The van der Waals surface area contributed by atoms with Gasteiger partial charge in [-0.1, -0.05) is 12.1 Å². The molecule has 0 amide bonds. The quantitative estimate of drug-likeness (QED) is 0.790. The second kappa shape index (κ2) is 7.50. The molecule has 5 nitrogen and oxygen atoms in total. The van der Waals surface area contributed by atoms with Crippen LogP contribution in [-0.4, -0.2) is 40.2 Å². The lowest BCUT2D eigenvalue weighted by Crippen LogP contribution is -2.22. The van der Waals surface area contributed by atoms with Crippen molar-refractivity contribution in [2.75, 3.05) is 26.5 Å². The molecule has 0 aromatic heterocycles. The van der Waals surface area contributed by atoms with Gasteiger partial charge in [-0.2, -0.15) is 0 Å². The zero-order valence-corrected chi connectivity index (χ0v) is 13.3. The third-order valence-corrected chi connectivity index (χ3v) is 5.15. The van der Waals surface area contributed by atoms with Crippen LogP contribution in [0, 0.1) is 0 Å².